The van der Waals surface area contributed by atoms with Crippen molar-refractivity contribution in [3.8, 4) is 5.75 Å². The van der Waals surface area contributed by atoms with Gasteiger partial charge in [-0.1, -0.05) is 15.9 Å². The lowest BCUT2D eigenvalue weighted by Gasteiger charge is -2.16. The Labute approximate surface area is 112 Å². The first-order chi connectivity index (χ1) is 7.56. The number of halogens is 3. The third-order valence-corrected chi connectivity index (χ3v) is 3.35. The van der Waals surface area contributed by atoms with E-state index in [-0.39, 0.29) is 18.5 Å². The van der Waals surface area contributed by atoms with Gasteiger partial charge >= 0.3 is 0 Å². The zero-order chi connectivity index (χ0) is 12.1. The molecule has 0 saturated carbocycles. The molecular weight excluding hydrogens is 341 g/mol. The normalized spacial score (nSPS) is 12.8. The van der Waals surface area contributed by atoms with Gasteiger partial charge in [0.15, 0.2) is 0 Å². The predicted octanol–water partition coefficient (Wildman–Crippen LogP) is 3.93. The SMILES string of the molecule is CC(NCCCF)c1cc(Br)cc(Br)c1O. The monoisotopic (exact) mass is 353 g/mol. The molecule has 0 saturated heterocycles. The number of phenolic OH excluding ortho intramolecular Hbond substituents is 1. The van der Waals surface area contributed by atoms with Crippen LogP contribution in [-0.2, 0) is 0 Å². The highest BCUT2D eigenvalue weighted by Crippen LogP contribution is 2.34. The predicted molar refractivity (Wildman–Crippen MR) is 70.5 cm³/mol. The molecule has 0 spiro atoms. The standard InChI is InChI=1S/C11H14Br2FNO/c1-7(15-4-2-3-14)9-5-8(12)6-10(13)11(9)16/h5-7,15-16H,2-4H2,1H3. The fraction of sp³-hybridized carbons (Fsp3) is 0.455. The van der Waals surface area contributed by atoms with Gasteiger partial charge in [0.05, 0.1) is 11.1 Å². The van der Waals surface area contributed by atoms with Gasteiger partial charge in [-0.05, 0) is 48.0 Å². The lowest BCUT2D eigenvalue weighted by atomic mass is 10.1. The zero-order valence-electron chi connectivity index (χ0n) is 8.93. The van der Waals surface area contributed by atoms with Crippen molar-refractivity contribution in [2.45, 2.75) is 19.4 Å². The number of hydrogen-bond acceptors (Lipinski definition) is 2. The van der Waals surface area contributed by atoms with E-state index in [1.807, 2.05) is 13.0 Å². The fourth-order valence-corrected chi connectivity index (χ4v) is 2.67. The van der Waals surface area contributed by atoms with Crippen LogP contribution in [0.15, 0.2) is 21.1 Å². The fourth-order valence-electron chi connectivity index (χ4n) is 1.41. The first kappa shape index (κ1) is 13.9. The summed E-state index contributed by atoms with van der Waals surface area (Å²) >= 11 is 6.65. The lowest BCUT2D eigenvalue weighted by molar-refractivity contribution is 0.430. The van der Waals surface area contributed by atoms with E-state index in [1.165, 1.54) is 0 Å². The summed E-state index contributed by atoms with van der Waals surface area (Å²) in [5.74, 6) is 0.225. The van der Waals surface area contributed by atoms with E-state index >= 15 is 0 Å². The van der Waals surface area contributed by atoms with Crippen molar-refractivity contribution in [1.82, 2.24) is 5.32 Å². The molecule has 5 heteroatoms. The molecule has 1 unspecified atom stereocenters. The van der Waals surface area contributed by atoms with E-state index in [0.29, 0.717) is 17.4 Å². The topological polar surface area (TPSA) is 32.3 Å². The molecule has 0 bridgehead atoms. The summed E-state index contributed by atoms with van der Waals surface area (Å²) in [6, 6.07) is 3.63. The van der Waals surface area contributed by atoms with Gasteiger partial charge < -0.3 is 10.4 Å². The van der Waals surface area contributed by atoms with Crippen molar-refractivity contribution in [3.63, 3.8) is 0 Å². The van der Waals surface area contributed by atoms with Gasteiger partial charge in [-0.25, -0.2) is 0 Å². The van der Waals surface area contributed by atoms with Crippen LogP contribution in [0.25, 0.3) is 0 Å². The molecule has 90 valence electrons. The van der Waals surface area contributed by atoms with Crippen molar-refractivity contribution in [2.75, 3.05) is 13.2 Å². The van der Waals surface area contributed by atoms with Crippen molar-refractivity contribution in [2.24, 2.45) is 0 Å². The van der Waals surface area contributed by atoms with Crippen LogP contribution in [0.3, 0.4) is 0 Å². The molecule has 0 fully saturated rings. The average molecular weight is 355 g/mol. The Bertz CT molecular complexity index is 360. The molecule has 1 aromatic rings. The molecule has 0 aromatic heterocycles. The Hall–Kier alpha value is -0.130. The largest absolute Gasteiger partial charge is 0.506 e. The summed E-state index contributed by atoms with van der Waals surface area (Å²) in [5, 5.41) is 13.0. The van der Waals surface area contributed by atoms with E-state index < -0.39 is 0 Å². The summed E-state index contributed by atoms with van der Waals surface area (Å²) in [4.78, 5) is 0. The Balaban J connectivity index is 2.78. The molecule has 0 amide bonds. The van der Waals surface area contributed by atoms with Crippen molar-refractivity contribution in [3.05, 3.63) is 26.6 Å². The highest BCUT2D eigenvalue weighted by Gasteiger charge is 2.13. The lowest BCUT2D eigenvalue weighted by Crippen LogP contribution is -2.20. The summed E-state index contributed by atoms with van der Waals surface area (Å²) in [6.07, 6.45) is 0.486. The van der Waals surface area contributed by atoms with E-state index in [2.05, 4.69) is 37.2 Å². The van der Waals surface area contributed by atoms with Crippen LogP contribution in [0, 0.1) is 0 Å². The first-order valence-electron chi connectivity index (χ1n) is 5.03. The van der Waals surface area contributed by atoms with Crippen LogP contribution in [0.1, 0.15) is 24.9 Å². The second kappa shape index (κ2) is 6.57. The summed E-state index contributed by atoms with van der Waals surface area (Å²) in [6.45, 7) is 2.21. The number of aromatic hydroxyl groups is 1. The maximum absolute atomic E-state index is 11.9. The van der Waals surface area contributed by atoms with E-state index in [1.54, 1.807) is 6.07 Å². The number of alkyl halides is 1. The average Bonchev–Trinajstić information content (AvgIpc) is 2.23. The Morgan fingerprint density at radius 3 is 2.75 bits per heavy atom. The highest BCUT2D eigenvalue weighted by molar-refractivity contribution is 9.11. The summed E-state index contributed by atoms with van der Waals surface area (Å²) < 4.78 is 13.5. The van der Waals surface area contributed by atoms with Gasteiger partial charge in [0.25, 0.3) is 0 Å². The second-order valence-electron chi connectivity index (χ2n) is 3.54. The van der Waals surface area contributed by atoms with E-state index in [4.69, 9.17) is 0 Å². The van der Waals surface area contributed by atoms with Crippen LogP contribution in [0.5, 0.6) is 5.75 Å². The van der Waals surface area contributed by atoms with Gasteiger partial charge in [-0.2, -0.15) is 0 Å². The van der Waals surface area contributed by atoms with E-state index in [0.717, 1.165) is 10.0 Å². The molecule has 2 N–H and O–H groups in total. The molecule has 0 radical (unpaired) electrons. The minimum Gasteiger partial charge on any atom is -0.506 e. The van der Waals surface area contributed by atoms with E-state index in [9.17, 15) is 9.50 Å². The molecule has 0 aliphatic heterocycles. The van der Waals surface area contributed by atoms with Crippen molar-refractivity contribution < 1.29 is 9.50 Å². The van der Waals surface area contributed by atoms with Gasteiger partial charge in [0, 0.05) is 16.1 Å². The highest BCUT2D eigenvalue weighted by atomic mass is 79.9. The molecule has 0 aliphatic carbocycles. The van der Waals surface area contributed by atoms with Gasteiger partial charge in [-0.3, -0.25) is 4.39 Å². The molecule has 16 heavy (non-hydrogen) atoms. The maximum Gasteiger partial charge on any atom is 0.134 e. The minimum absolute atomic E-state index is 0.0136. The smallest absolute Gasteiger partial charge is 0.134 e. The Morgan fingerprint density at radius 2 is 2.12 bits per heavy atom. The molecule has 2 nitrogen and oxygen atoms in total. The maximum atomic E-state index is 11.9. The van der Waals surface area contributed by atoms with Gasteiger partial charge in [0.2, 0.25) is 0 Å². The second-order valence-corrected chi connectivity index (χ2v) is 5.31. The number of rotatable bonds is 5. The molecule has 0 aliphatic rings. The van der Waals surface area contributed by atoms with Crippen LogP contribution < -0.4 is 5.32 Å². The quantitative estimate of drug-likeness (QED) is 0.785. The molecule has 1 rings (SSSR count). The van der Waals surface area contributed by atoms with Gasteiger partial charge in [-0.15, -0.1) is 0 Å². The third-order valence-electron chi connectivity index (χ3n) is 2.29. The number of hydrogen-bond donors (Lipinski definition) is 2. The molecule has 0 heterocycles. The Kier molecular flexibility index (Phi) is 5.72. The first-order valence-corrected chi connectivity index (χ1v) is 6.62. The minimum atomic E-state index is -0.326. The number of benzene rings is 1. The molecule has 1 atom stereocenters. The van der Waals surface area contributed by atoms with Crippen LogP contribution >= 0.6 is 31.9 Å². The number of phenols is 1. The van der Waals surface area contributed by atoms with Gasteiger partial charge in [0.1, 0.15) is 5.75 Å². The van der Waals surface area contributed by atoms with Crippen LogP contribution in [0.4, 0.5) is 4.39 Å². The van der Waals surface area contributed by atoms with Crippen LogP contribution in [0.2, 0.25) is 0 Å². The summed E-state index contributed by atoms with van der Waals surface area (Å²) in [7, 11) is 0. The Morgan fingerprint density at radius 1 is 1.44 bits per heavy atom. The molecular formula is C11H14Br2FNO. The third kappa shape index (κ3) is 3.71. The summed E-state index contributed by atoms with van der Waals surface area (Å²) in [5.41, 5.74) is 0.792. The van der Waals surface area contributed by atoms with Crippen molar-refractivity contribution >= 4 is 31.9 Å². The number of nitrogens with one attached hydrogen (secondary N) is 1. The molecule has 1 aromatic carbocycles. The van der Waals surface area contributed by atoms with Crippen LogP contribution in [-0.4, -0.2) is 18.3 Å². The zero-order valence-corrected chi connectivity index (χ0v) is 12.1. The van der Waals surface area contributed by atoms with Crippen molar-refractivity contribution in [1.29, 1.82) is 0 Å².